The number of hydrogen-bond donors (Lipinski definition) is 0. The first-order chi connectivity index (χ1) is 13.7. The second-order valence-corrected chi connectivity index (χ2v) is 7.16. The maximum Gasteiger partial charge on any atom is 0.276 e. The van der Waals surface area contributed by atoms with E-state index in [1.807, 2.05) is 47.8 Å². The molecule has 0 N–H and O–H groups in total. The van der Waals surface area contributed by atoms with Crippen molar-refractivity contribution >= 4 is 17.2 Å². The Hall–Kier alpha value is -3.32. The minimum absolute atomic E-state index is 0.215. The third kappa shape index (κ3) is 3.99. The Labute approximate surface area is 165 Å². The van der Waals surface area contributed by atoms with Crippen LogP contribution < -0.4 is 4.74 Å². The van der Waals surface area contributed by atoms with Crippen molar-refractivity contribution in [2.75, 3.05) is 7.11 Å². The number of hydrogen-bond acceptors (Lipinski definition) is 6. The van der Waals surface area contributed by atoms with Gasteiger partial charge in [-0.3, -0.25) is 4.79 Å². The number of rotatable bonds is 7. The molecule has 142 valence electrons. The minimum atomic E-state index is -0.215. The standard InChI is InChI=1S/C21H18N2O4S/c1-25-16-8-6-15(7-9-16)20-12-19(22-27-20)21(24)23(13-17-4-2-10-26-17)14-18-5-3-11-28-18/h2-12H,13-14H2,1H3. The fourth-order valence-electron chi connectivity index (χ4n) is 2.81. The largest absolute Gasteiger partial charge is 0.497 e. The number of ether oxygens (including phenoxy) is 1. The highest BCUT2D eigenvalue weighted by Crippen LogP contribution is 2.24. The Balaban J connectivity index is 1.56. The zero-order chi connectivity index (χ0) is 19.3. The summed E-state index contributed by atoms with van der Waals surface area (Å²) in [7, 11) is 1.61. The predicted octanol–water partition coefficient (Wildman–Crippen LogP) is 4.85. The third-order valence-electron chi connectivity index (χ3n) is 4.24. The van der Waals surface area contributed by atoms with Crippen LogP contribution in [0.1, 0.15) is 21.1 Å². The first kappa shape index (κ1) is 18.1. The van der Waals surface area contributed by atoms with Crippen LogP contribution in [0.25, 0.3) is 11.3 Å². The Morgan fingerprint density at radius 2 is 2.00 bits per heavy atom. The van der Waals surface area contributed by atoms with E-state index >= 15 is 0 Å². The molecule has 6 nitrogen and oxygen atoms in total. The highest BCUT2D eigenvalue weighted by molar-refractivity contribution is 7.09. The Kier molecular flexibility index (Phi) is 5.25. The van der Waals surface area contributed by atoms with Crippen molar-refractivity contribution in [3.63, 3.8) is 0 Å². The van der Waals surface area contributed by atoms with Gasteiger partial charge in [0.15, 0.2) is 11.5 Å². The Morgan fingerprint density at radius 1 is 1.14 bits per heavy atom. The SMILES string of the molecule is COc1ccc(-c2cc(C(=O)N(Cc3ccco3)Cc3cccs3)no2)cc1. The van der Waals surface area contributed by atoms with Crippen molar-refractivity contribution < 1.29 is 18.5 Å². The monoisotopic (exact) mass is 394 g/mol. The second-order valence-electron chi connectivity index (χ2n) is 6.12. The van der Waals surface area contributed by atoms with Crippen LogP contribution in [0.2, 0.25) is 0 Å². The summed E-state index contributed by atoms with van der Waals surface area (Å²) < 4.78 is 16.0. The molecule has 1 aromatic carbocycles. The molecular formula is C21H18N2O4S. The van der Waals surface area contributed by atoms with Gasteiger partial charge < -0.3 is 18.6 Å². The van der Waals surface area contributed by atoms with Crippen molar-refractivity contribution in [2.24, 2.45) is 0 Å². The average molecular weight is 394 g/mol. The lowest BCUT2D eigenvalue weighted by Gasteiger charge is -2.19. The fraction of sp³-hybridized carbons (Fsp3) is 0.143. The summed E-state index contributed by atoms with van der Waals surface area (Å²) in [4.78, 5) is 15.9. The molecule has 0 bridgehead atoms. The number of thiophene rings is 1. The number of benzene rings is 1. The summed E-state index contributed by atoms with van der Waals surface area (Å²) in [6.45, 7) is 0.830. The van der Waals surface area contributed by atoms with E-state index in [1.54, 1.807) is 41.7 Å². The quantitative estimate of drug-likeness (QED) is 0.448. The van der Waals surface area contributed by atoms with E-state index in [1.165, 1.54) is 0 Å². The number of carbonyl (C=O) groups is 1. The number of amides is 1. The van der Waals surface area contributed by atoms with Crippen LogP contribution in [-0.4, -0.2) is 23.1 Å². The summed E-state index contributed by atoms with van der Waals surface area (Å²) in [5, 5.41) is 5.98. The van der Waals surface area contributed by atoms with E-state index in [9.17, 15) is 4.79 Å². The molecular weight excluding hydrogens is 376 g/mol. The van der Waals surface area contributed by atoms with Crippen molar-refractivity contribution in [2.45, 2.75) is 13.1 Å². The number of aromatic nitrogens is 1. The van der Waals surface area contributed by atoms with Crippen LogP contribution in [0.5, 0.6) is 5.75 Å². The summed E-state index contributed by atoms with van der Waals surface area (Å²) >= 11 is 1.60. The van der Waals surface area contributed by atoms with Gasteiger partial charge in [0.05, 0.1) is 26.5 Å². The number of nitrogens with zero attached hydrogens (tertiary/aromatic N) is 2. The van der Waals surface area contributed by atoms with Gasteiger partial charge in [-0.25, -0.2) is 0 Å². The molecule has 4 aromatic rings. The van der Waals surface area contributed by atoms with E-state index in [4.69, 9.17) is 13.7 Å². The van der Waals surface area contributed by atoms with Gasteiger partial charge in [0, 0.05) is 16.5 Å². The van der Waals surface area contributed by atoms with Crippen molar-refractivity contribution in [1.29, 1.82) is 0 Å². The first-order valence-electron chi connectivity index (χ1n) is 8.68. The normalized spacial score (nSPS) is 10.8. The van der Waals surface area contributed by atoms with Crippen molar-refractivity contribution in [3.05, 3.63) is 82.6 Å². The highest BCUT2D eigenvalue weighted by atomic mass is 32.1. The molecule has 0 radical (unpaired) electrons. The molecule has 1 amide bonds. The molecule has 0 unspecified atom stereocenters. The van der Waals surface area contributed by atoms with Crippen molar-refractivity contribution in [3.8, 4) is 17.1 Å². The van der Waals surface area contributed by atoms with Crippen LogP contribution in [0.4, 0.5) is 0 Å². The van der Waals surface area contributed by atoms with Gasteiger partial charge in [-0.2, -0.15) is 0 Å². The first-order valence-corrected chi connectivity index (χ1v) is 9.56. The maximum absolute atomic E-state index is 13.1. The van der Waals surface area contributed by atoms with Crippen LogP contribution in [0.3, 0.4) is 0 Å². The Bertz CT molecular complexity index is 985. The molecule has 7 heteroatoms. The molecule has 3 heterocycles. The summed E-state index contributed by atoms with van der Waals surface area (Å²) in [6, 6.07) is 16.7. The second kappa shape index (κ2) is 8.14. The zero-order valence-electron chi connectivity index (χ0n) is 15.2. The van der Waals surface area contributed by atoms with Gasteiger partial charge in [0.1, 0.15) is 11.5 Å². The fourth-order valence-corrected chi connectivity index (χ4v) is 3.53. The smallest absolute Gasteiger partial charge is 0.276 e. The number of furan rings is 1. The summed E-state index contributed by atoms with van der Waals surface area (Å²) in [6.07, 6.45) is 1.60. The van der Waals surface area contributed by atoms with Gasteiger partial charge in [0.25, 0.3) is 5.91 Å². The lowest BCUT2D eigenvalue weighted by molar-refractivity contribution is 0.0709. The number of methoxy groups -OCH3 is 1. The zero-order valence-corrected chi connectivity index (χ0v) is 16.0. The predicted molar refractivity (Wildman–Crippen MR) is 105 cm³/mol. The molecule has 0 saturated carbocycles. The molecule has 0 aliphatic heterocycles. The van der Waals surface area contributed by atoms with E-state index < -0.39 is 0 Å². The number of carbonyl (C=O) groups excluding carboxylic acids is 1. The summed E-state index contributed by atoms with van der Waals surface area (Å²) in [5.74, 6) is 1.78. The third-order valence-corrected chi connectivity index (χ3v) is 5.11. The van der Waals surface area contributed by atoms with Crippen LogP contribution in [0.15, 0.2) is 75.2 Å². The topological polar surface area (TPSA) is 68.7 Å². The molecule has 0 aliphatic rings. The van der Waals surface area contributed by atoms with E-state index in [0.717, 1.165) is 16.2 Å². The lowest BCUT2D eigenvalue weighted by Crippen LogP contribution is -2.29. The van der Waals surface area contributed by atoms with E-state index in [0.29, 0.717) is 24.6 Å². The molecule has 0 atom stereocenters. The Morgan fingerprint density at radius 3 is 2.68 bits per heavy atom. The van der Waals surface area contributed by atoms with Gasteiger partial charge in [0.2, 0.25) is 0 Å². The van der Waals surface area contributed by atoms with E-state index in [2.05, 4.69) is 5.16 Å². The minimum Gasteiger partial charge on any atom is -0.497 e. The maximum atomic E-state index is 13.1. The molecule has 28 heavy (non-hydrogen) atoms. The molecule has 0 spiro atoms. The molecule has 0 saturated heterocycles. The van der Waals surface area contributed by atoms with Crippen LogP contribution >= 0.6 is 11.3 Å². The average Bonchev–Trinajstić information content (AvgIpc) is 3.49. The van der Waals surface area contributed by atoms with Crippen LogP contribution in [-0.2, 0) is 13.1 Å². The molecule has 4 rings (SSSR count). The van der Waals surface area contributed by atoms with Gasteiger partial charge in [-0.1, -0.05) is 11.2 Å². The molecule has 0 fully saturated rings. The van der Waals surface area contributed by atoms with Gasteiger partial charge >= 0.3 is 0 Å². The lowest BCUT2D eigenvalue weighted by atomic mass is 10.1. The highest BCUT2D eigenvalue weighted by Gasteiger charge is 2.22. The van der Waals surface area contributed by atoms with Gasteiger partial charge in [-0.15, -0.1) is 11.3 Å². The molecule has 3 aromatic heterocycles. The van der Waals surface area contributed by atoms with Gasteiger partial charge in [-0.05, 0) is 47.8 Å². The van der Waals surface area contributed by atoms with Crippen molar-refractivity contribution in [1.82, 2.24) is 10.1 Å². The summed E-state index contributed by atoms with van der Waals surface area (Å²) in [5.41, 5.74) is 1.08. The van der Waals surface area contributed by atoms with E-state index in [-0.39, 0.29) is 11.6 Å². The van der Waals surface area contributed by atoms with Crippen LogP contribution in [0, 0.1) is 0 Å². The molecule has 0 aliphatic carbocycles.